The van der Waals surface area contributed by atoms with Crippen LogP contribution in [0.15, 0.2) is 60.8 Å². The van der Waals surface area contributed by atoms with Crippen molar-refractivity contribution in [3.8, 4) is 27.4 Å². The molecule has 0 radical (unpaired) electrons. The molecule has 0 spiro atoms. The Bertz CT molecular complexity index is 1230. The standard InChI is InChI=1S/C26H27NOSSi/c1-26(2,3)16-17-10-11-19-20-12-13-27-24(25(20)28-30(4,5)23(19)14-17)22-15-18-8-6-7-9-21(18)29-22/h6-15H,16H2,1-5H3. The number of benzene rings is 2. The number of pyridine rings is 1. The predicted octanol–water partition coefficient (Wildman–Crippen LogP) is 7.02. The van der Waals surface area contributed by atoms with Gasteiger partial charge in [-0.3, -0.25) is 4.98 Å². The van der Waals surface area contributed by atoms with E-state index < -0.39 is 8.32 Å². The van der Waals surface area contributed by atoms with E-state index in [1.165, 1.54) is 36.8 Å². The second-order valence-corrected chi connectivity index (χ2v) is 14.8. The van der Waals surface area contributed by atoms with Gasteiger partial charge in [-0.05, 0) is 64.8 Å². The molecule has 0 saturated heterocycles. The maximum Gasteiger partial charge on any atom is 0.277 e. The molecule has 0 atom stereocenters. The van der Waals surface area contributed by atoms with Crippen molar-refractivity contribution in [2.24, 2.45) is 5.41 Å². The normalized spacial score (nSPS) is 14.8. The van der Waals surface area contributed by atoms with Crippen molar-refractivity contribution >= 4 is 34.9 Å². The Morgan fingerprint density at radius 1 is 0.967 bits per heavy atom. The number of thiophene rings is 1. The summed E-state index contributed by atoms with van der Waals surface area (Å²) in [5.74, 6) is 0.955. The lowest BCUT2D eigenvalue weighted by Gasteiger charge is -2.34. The third kappa shape index (κ3) is 3.38. The quantitative estimate of drug-likeness (QED) is 0.319. The van der Waals surface area contributed by atoms with Crippen molar-refractivity contribution in [3.05, 3.63) is 66.4 Å². The molecule has 0 fully saturated rings. The number of fused-ring (bicyclic) bond motifs is 4. The highest BCUT2D eigenvalue weighted by atomic mass is 32.1. The molecule has 152 valence electrons. The third-order valence-electron chi connectivity index (χ3n) is 5.68. The Kier molecular flexibility index (Phi) is 4.42. The molecule has 5 rings (SSSR count). The average Bonchev–Trinajstić information content (AvgIpc) is 3.10. The summed E-state index contributed by atoms with van der Waals surface area (Å²) >= 11 is 1.79. The van der Waals surface area contributed by atoms with Gasteiger partial charge >= 0.3 is 0 Å². The van der Waals surface area contributed by atoms with Gasteiger partial charge in [-0.15, -0.1) is 11.3 Å². The summed E-state index contributed by atoms with van der Waals surface area (Å²) in [6.07, 6.45) is 3.00. The summed E-state index contributed by atoms with van der Waals surface area (Å²) in [6.45, 7) is 11.5. The van der Waals surface area contributed by atoms with Crippen molar-refractivity contribution in [2.75, 3.05) is 0 Å². The van der Waals surface area contributed by atoms with Gasteiger partial charge in [-0.25, -0.2) is 0 Å². The topological polar surface area (TPSA) is 22.1 Å². The van der Waals surface area contributed by atoms with E-state index in [1.54, 1.807) is 11.3 Å². The van der Waals surface area contributed by atoms with Crippen LogP contribution in [-0.2, 0) is 6.42 Å². The minimum atomic E-state index is -2.11. The van der Waals surface area contributed by atoms with Gasteiger partial charge in [0.05, 0.1) is 4.88 Å². The Hall–Kier alpha value is -2.43. The molecule has 0 bridgehead atoms. The molecule has 0 N–H and O–H groups in total. The Morgan fingerprint density at radius 3 is 2.53 bits per heavy atom. The van der Waals surface area contributed by atoms with E-state index >= 15 is 0 Å². The first-order valence-electron chi connectivity index (χ1n) is 10.5. The summed E-state index contributed by atoms with van der Waals surface area (Å²) in [5, 5.41) is 2.65. The minimum Gasteiger partial charge on any atom is -0.538 e. The summed E-state index contributed by atoms with van der Waals surface area (Å²) in [4.78, 5) is 5.94. The highest BCUT2D eigenvalue weighted by Crippen LogP contribution is 2.45. The van der Waals surface area contributed by atoms with Crippen LogP contribution >= 0.6 is 11.3 Å². The number of nitrogens with zero attached hydrogens (tertiary/aromatic N) is 1. The maximum absolute atomic E-state index is 6.80. The highest BCUT2D eigenvalue weighted by Gasteiger charge is 2.37. The smallest absolute Gasteiger partial charge is 0.277 e. The van der Waals surface area contributed by atoms with Gasteiger partial charge in [0.2, 0.25) is 0 Å². The predicted molar refractivity (Wildman–Crippen MR) is 131 cm³/mol. The molecule has 0 unspecified atom stereocenters. The van der Waals surface area contributed by atoms with E-state index in [1.807, 2.05) is 6.20 Å². The van der Waals surface area contributed by atoms with E-state index in [9.17, 15) is 0 Å². The van der Waals surface area contributed by atoms with E-state index in [0.717, 1.165) is 17.9 Å². The molecule has 2 aromatic heterocycles. The third-order valence-corrected chi connectivity index (χ3v) is 9.23. The number of aromatic nitrogens is 1. The van der Waals surface area contributed by atoms with Crippen molar-refractivity contribution in [1.82, 2.24) is 4.98 Å². The van der Waals surface area contributed by atoms with Gasteiger partial charge in [0.15, 0.2) is 0 Å². The molecule has 0 saturated carbocycles. The largest absolute Gasteiger partial charge is 0.538 e. The molecular formula is C26H27NOSSi. The summed E-state index contributed by atoms with van der Waals surface area (Å²) in [5.41, 5.74) is 5.12. The first-order chi connectivity index (χ1) is 14.2. The average molecular weight is 430 g/mol. The van der Waals surface area contributed by atoms with Crippen LogP contribution in [0.4, 0.5) is 0 Å². The molecule has 0 amide bonds. The van der Waals surface area contributed by atoms with E-state index in [2.05, 4.69) is 88.5 Å². The Balaban J connectivity index is 1.67. The summed E-state index contributed by atoms with van der Waals surface area (Å²) in [6, 6.07) is 19.9. The molecule has 2 aromatic carbocycles. The second-order valence-electron chi connectivity index (χ2n) is 9.91. The molecule has 2 nitrogen and oxygen atoms in total. The van der Waals surface area contributed by atoms with Crippen LogP contribution in [0.1, 0.15) is 26.3 Å². The number of hydrogen-bond donors (Lipinski definition) is 0. The fourth-order valence-corrected chi connectivity index (χ4v) is 7.68. The van der Waals surface area contributed by atoms with Gasteiger partial charge in [-0.1, -0.05) is 57.2 Å². The maximum atomic E-state index is 6.80. The van der Waals surface area contributed by atoms with Gasteiger partial charge in [0.25, 0.3) is 8.32 Å². The summed E-state index contributed by atoms with van der Waals surface area (Å²) in [7, 11) is -2.11. The molecule has 4 aromatic rings. The first-order valence-corrected chi connectivity index (χ1v) is 14.2. The zero-order valence-electron chi connectivity index (χ0n) is 18.2. The minimum absolute atomic E-state index is 0.269. The number of hydrogen-bond acceptors (Lipinski definition) is 3. The van der Waals surface area contributed by atoms with Crippen LogP contribution < -0.4 is 9.61 Å². The van der Waals surface area contributed by atoms with Crippen molar-refractivity contribution in [3.63, 3.8) is 0 Å². The fraction of sp³-hybridized carbons (Fsp3) is 0.269. The van der Waals surface area contributed by atoms with Crippen LogP contribution in [0.5, 0.6) is 5.75 Å². The summed E-state index contributed by atoms with van der Waals surface area (Å²) < 4.78 is 8.08. The molecule has 3 heterocycles. The lowest BCUT2D eigenvalue weighted by atomic mass is 9.87. The van der Waals surface area contributed by atoms with E-state index in [4.69, 9.17) is 9.41 Å². The van der Waals surface area contributed by atoms with Crippen molar-refractivity contribution in [1.29, 1.82) is 0 Å². The SMILES string of the molecule is CC(C)(C)Cc1ccc2c(c1)[Si](C)(C)Oc1c-2ccnc1-c1cc2ccccc2s1. The van der Waals surface area contributed by atoms with Gasteiger partial charge in [0.1, 0.15) is 11.4 Å². The van der Waals surface area contributed by atoms with Gasteiger partial charge < -0.3 is 4.43 Å². The van der Waals surface area contributed by atoms with E-state index in [-0.39, 0.29) is 5.41 Å². The monoisotopic (exact) mass is 429 g/mol. The number of rotatable bonds is 2. The molecule has 30 heavy (non-hydrogen) atoms. The molecule has 1 aliphatic heterocycles. The molecular weight excluding hydrogens is 402 g/mol. The lowest BCUT2D eigenvalue weighted by molar-refractivity contribution is 0.411. The highest BCUT2D eigenvalue weighted by molar-refractivity contribution is 7.22. The van der Waals surface area contributed by atoms with Crippen LogP contribution in [-0.4, -0.2) is 13.3 Å². The lowest BCUT2D eigenvalue weighted by Crippen LogP contribution is -2.51. The van der Waals surface area contributed by atoms with Gasteiger partial charge in [0, 0.05) is 16.5 Å². The Morgan fingerprint density at radius 2 is 1.77 bits per heavy atom. The molecule has 4 heteroatoms. The Labute approximate surface area is 183 Å². The first kappa shape index (κ1) is 19.5. The second kappa shape index (κ2) is 6.79. The van der Waals surface area contributed by atoms with Gasteiger partial charge in [-0.2, -0.15) is 0 Å². The van der Waals surface area contributed by atoms with Crippen LogP contribution in [0.3, 0.4) is 0 Å². The van der Waals surface area contributed by atoms with Crippen molar-refractivity contribution in [2.45, 2.75) is 40.3 Å². The van der Waals surface area contributed by atoms with Crippen LogP contribution in [0.2, 0.25) is 13.1 Å². The fourth-order valence-electron chi connectivity index (χ4n) is 4.39. The van der Waals surface area contributed by atoms with Crippen molar-refractivity contribution < 1.29 is 4.43 Å². The van der Waals surface area contributed by atoms with E-state index in [0.29, 0.717) is 0 Å². The zero-order chi connectivity index (χ0) is 21.1. The van der Waals surface area contributed by atoms with Crippen LogP contribution in [0.25, 0.3) is 31.8 Å². The molecule has 1 aliphatic rings. The van der Waals surface area contributed by atoms with Crippen LogP contribution in [0, 0.1) is 5.41 Å². The zero-order valence-corrected chi connectivity index (χ0v) is 20.1. The molecule has 0 aliphatic carbocycles.